The predicted molar refractivity (Wildman–Crippen MR) is 90.1 cm³/mol. The van der Waals surface area contributed by atoms with Gasteiger partial charge in [0.05, 0.1) is 17.2 Å². The Labute approximate surface area is 149 Å². The molecule has 26 heavy (non-hydrogen) atoms. The van der Waals surface area contributed by atoms with Crippen LogP contribution in [0.15, 0.2) is 35.5 Å². The number of allylic oxidation sites excluding steroid dienone is 1. The zero-order valence-corrected chi connectivity index (χ0v) is 14.7. The molecule has 142 valence electrons. The number of urea groups is 1. The largest absolute Gasteiger partial charge is 0.416 e. The molecular weight excluding hydrogens is 349 g/mol. The van der Waals surface area contributed by atoms with Crippen molar-refractivity contribution in [3.8, 4) is 0 Å². The van der Waals surface area contributed by atoms with Gasteiger partial charge in [-0.2, -0.15) is 13.2 Å². The molecule has 3 amide bonds. The van der Waals surface area contributed by atoms with Crippen LogP contribution in [0.4, 0.5) is 18.0 Å². The zero-order chi connectivity index (χ0) is 19.5. The minimum atomic E-state index is -4.60. The van der Waals surface area contributed by atoms with Crippen LogP contribution in [-0.4, -0.2) is 44.0 Å². The number of likely N-dealkylation sites (N-methyl/N-ethyl adjacent to an activating group) is 1. The Balaban J connectivity index is 2.41. The molecule has 1 aromatic carbocycles. The van der Waals surface area contributed by atoms with E-state index in [9.17, 15) is 22.8 Å². The number of halogens is 3. The van der Waals surface area contributed by atoms with Crippen LogP contribution < -0.4 is 16.0 Å². The number of carbonyl (C=O) groups is 2. The minimum Gasteiger partial charge on any atom is -0.351 e. The van der Waals surface area contributed by atoms with E-state index in [2.05, 4.69) is 16.0 Å². The van der Waals surface area contributed by atoms with E-state index in [0.717, 1.165) is 6.07 Å². The second-order valence-electron chi connectivity index (χ2n) is 6.21. The molecule has 1 atom stereocenters. The zero-order valence-electron chi connectivity index (χ0n) is 14.7. The van der Waals surface area contributed by atoms with Crippen LogP contribution in [0.25, 0.3) is 0 Å². The molecule has 0 fully saturated rings. The first-order chi connectivity index (χ1) is 12.1. The first-order valence-corrected chi connectivity index (χ1v) is 7.98. The molecule has 1 aliphatic rings. The lowest BCUT2D eigenvalue weighted by Crippen LogP contribution is -2.47. The van der Waals surface area contributed by atoms with Crippen LogP contribution in [0.3, 0.4) is 0 Å². The summed E-state index contributed by atoms with van der Waals surface area (Å²) in [5, 5.41) is 7.55. The number of carbonyl (C=O) groups excluding carboxylic acids is 2. The number of benzene rings is 1. The van der Waals surface area contributed by atoms with E-state index >= 15 is 0 Å². The lowest BCUT2D eigenvalue weighted by Gasteiger charge is -2.30. The molecule has 6 nitrogen and oxygen atoms in total. The Kier molecular flexibility index (Phi) is 5.91. The van der Waals surface area contributed by atoms with Gasteiger partial charge in [0.1, 0.15) is 0 Å². The topological polar surface area (TPSA) is 73.5 Å². The number of amides is 3. The summed E-state index contributed by atoms with van der Waals surface area (Å²) in [5.74, 6) is -0.529. The predicted octanol–water partition coefficient (Wildman–Crippen LogP) is 2.01. The molecule has 3 N–H and O–H groups in total. The van der Waals surface area contributed by atoms with Gasteiger partial charge in [-0.3, -0.25) is 4.79 Å². The van der Waals surface area contributed by atoms with E-state index in [1.807, 2.05) is 19.0 Å². The van der Waals surface area contributed by atoms with Gasteiger partial charge in [-0.15, -0.1) is 0 Å². The fourth-order valence-corrected chi connectivity index (χ4v) is 2.72. The van der Waals surface area contributed by atoms with E-state index < -0.39 is 29.7 Å². The molecule has 0 bridgehead atoms. The van der Waals surface area contributed by atoms with Gasteiger partial charge in [-0.1, -0.05) is 18.2 Å². The van der Waals surface area contributed by atoms with Gasteiger partial charge in [0.25, 0.3) is 5.91 Å². The van der Waals surface area contributed by atoms with Gasteiger partial charge in [0.15, 0.2) is 0 Å². The minimum absolute atomic E-state index is 0.0556. The molecule has 1 heterocycles. The number of nitrogens with one attached hydrogen (secondary N) is 3. The molecule has 2 rings (SSSR count). The first-order valence-electron chi connectivity index (χ1n) is 7.98. The molecule has 0 aromatic heterocycles. The molecule has 1 aliphatic heterocycles. The van der Waals surface area contributed by atoms with E-state index in [4.69, 9.17) is 0 Å². The van der Waals surface area contributed by atoms with Crippen molar-refractivity contribution >= 4 is 11.9 Å². The van der Waals surface area contributed by atoms with Gasteiger partial charge >= 0.3 is 12.2 Å². The highest BCUT2D eigenvalue weighted by Gasteiger charge is 2.39. The van der Waals surface area contributed by atoms with Gasteiger partial charge in [0, 0.05) is 18.8 Å². The van der Waals surface area contributed by atoms with Crippen molar-refractivity contribution in [2.45, 2.75) is 19.1 Å². The first kappa shape index (κ1) is 19.8. The Morgan fingerprint density at radius 2 is 1.92 bits per heavy atom. The quantitative estimate of drug-likeness (QED) is 0.742. The maximum Gasteiger partial charge on any atom is 0.416 e. The smallest absolute Gasteiger partial charge is 0.351 e. The van der Waals surface area contributed by atoms with Gasteiger partial charge in [0.2, 0.25) is 0 Å². The summed E-state index contributed by atoms with van der Waals surface area (Å²) >= 11 is 0. The summed E-state index contributed by atoms with van der Waals surface area (Å²) in [7, 11) is 3.67. The van der Waals surface area contributed by atoms with Crippen LogP contribution >= 0.6 is 0 Å². The third kappa shape index (κ3) is 4.54. The Morgan fingerprint density at radius 1 is 1.27 bits per heavy atom. The normalized spacial score (nSPS) is 17.8. The Bertz CT molecular complexity index is 729. The standard InChI is InChI=1S/C17H21F3N4O2/c1-10-13(15(25)21-8-9-24(2)3)14(23-16(26)22-10)11-6-4-5-7-12(11)17(18,19)20/h4-7,14H,8-9H2,1-3H3,(H,21,25)(H2,22,23,26). The lowest BCUT2D eigenvalue weighted by molar-refractivity contribution is -0.138. The van der Waals surface area contributed by atoms with Crippen molar-refractivity contribution in [3.05, 3.63) is 46.7 Å². The number of hydrogen-bond acceptors (Lipinski definition) is 3. The maximum absolute atomic E-state index is 13.4. The fourth-order valence-electron chi connectivity index (χ4n) is 2.72. The molecule has 1 unspecified atom stereocenters. The average Bonchev–Trinajstić information content (AvgIpc) is 2.52. The number of nitrogens with zero attached hydrogens (tertiary/aromatic N) is 1. The summed E-state index contributed by atoms with van der Waals surface area (Å²) in [6, 6.07) is 3.05. The van der Waals surface area contributed by atoms with Crippen LogP contribution in [0.1, 0.15) is 24.1 Å². The average molecular weight is 370 g/mol. The van der Waals surface area contributed by atoms with Crippen LogP contribution in [0.5, 0.6) is 0 Å². The third-order valence-corrected chi connectivity index (χ3v) is 3.94. The van der Waals surface area contributed by atoms with Crippen molar-refractivity contribution in [2.75, 3.05) is 27.2 Å². The van der Waals surface area contributed by atoms with Gasteiger partial charge < -0.3 is 20.9 Å². The molecule has 1 aromatic rings. The van der Waals surface area contributed by atoms with Crippen LogP contribution in [-0.2, 0) is 11.0 Å². The molecule has 0 aliphatic carbocycles. The van der Waals surface area contributed by atoms with Crippen LogP contribution in [0.2, 0.25) is 0 Å². The van der Waals surface area contributed by atoms with E-state index in [1.54, 1.807) is 0 Å². The number of hydrogen-bond donors (Lipinski definition) is 3. The summed E-state index contributed by atoms with van der Waals surface area (Å²) in [4.78, 5) is 26.3. The van der Waals surface area contributed by atoms with E-state index in [-0.39, 0.29) is 16.8 Å². The number of rotatable bonds is 5. The van der Waals surface area contributed by atoms with Gasteiger partial charge in [-0.25, -0.2) is 4.79 Å². The Morgan fingerprint density at radius 3 is 2.54 bits per heavy atom. The molecule has 9 heteroatoms. The highest BCUT2D eigenvalue weighted by Crippen LogP contribution is 2.37. The third-order valence-electron chi connectivity index (χ3n) is 3.94. The highest BCUT2D eigenvalue weighted by atomic mass is 19.4. The summed E-state index contributed by atoms with van der Waals surface area (Å²) in [5.41, 5.74) is -0.788. The van der Waals surface area contributed by atoms with E-state index in [1.165, 1.54) is 25.1 Å². The highest BCUT2D eigenvalue weighted by molar-refractivity contribution is 5.98. The fraction of sp³-hybridized carbons (Fsp3) is 0.412. The van der Waals surface area contributed by atoms with Crippen molar-refractivity contribution in [3.63, 3.8) is 0 Å². The second-order valence-corrected chi connectivity index (χ2v) is 6.21. The SMILES string of the molecule is CC1=C(C(=O)NCCN(C)C)C(c2ccccc2C(F)(F)F)NC(=O)N1. The Hall–Kier alpha value is -2.55. The van der Waals surface area contributed by atoms with Gasteiger partial charge in [-0.05, 0) is 32.6 Å². The molecule has 0 radical (unpaired) electrons. The monoisotopic (exact) mass is 370 g/mol. The molecule has 0 saturated carbocycles. The second kappa shape index (κ2) is 7.77. The molecule has 0 saturated heterocycles. The summed E-state index contributed by atoms with van der Waals surface area (Å²) in [6.45, 7) is 2.38. The van der Waals surface area contributed by atoms with Crippen LogP contribution in [0, 0.1) is 0 Å². The maximum atomic E-state index is 13.4. The van der Waals surface area contributed by atoms with E-state index in [0.29, 0.717) is 13.1 Å². The summed E-state index contributed by atoms with van der Waals surface area (Å²) < 4.78 is 40.1. The van der Waals surface area contributed by atoms with Crippen molar-refractivity contribution in [1.82, 2.24) is 20.9 Å². The van der Waals surface area contributed by atoms with Crippen molar-refractivity contribution < 1.29 is 22.8 Å². The summed E-state index contributed by atoms with van der Waals surface area (Å²) in [6.07, 6.45) is -4.60. The van der Waals surface area contributed by atoms with Crippen molar-refractivity contribution in [1.29, 1.82) is 0 Å². The number of alkyl halides is 3. The molecular formula is C17H21F3N4O2. The van der Waals surface area contributed by atoms with Crippen molar-refractivity contribution in [2.24, 2.45) is 0 Å². The molecule has 0 spiro atoms. The lowest BCUT2D eigenvalue weighted by atomic mass is 9.91.